The molecule has 13 heavy (non-hydrogen) atoms. The average Bonchev–Trinajstić information content (AvgIpc) is 2.54. The fraction of sp³-hybridized carbons (Fsp3) is 0.700. The summed E-state index contributed by atoms with van der Waals surface area (Å²) in [5.74, 6) is 0.911. The number of nitrogens with zero attached hydrogens (tertiary/aromatic N) is 1. The fourth-order valence-electron chi connectivity index (χ4n) is 1.29. The minimum absolute atomic E-state index is 0.629. The minimum atomic E-state index is 0.629. The largest absolute Gasteiger partial charge is 0.361 e. The standard InChI is InChI=1S/C10H18N2O/c1-2-3-4-5-9-8-10(6-7-11)13-12-9/h8H,2-7,11H2,1H3. The normalized spacial score (nSPS) is 10.6. The second-order valence-electron chi connectivity index (χ2n) is 3.28. The van der Waals surface area contributed by atoms with Crippen LogP contribution in [0.25, 0.3) is 0 Å². The van der Waals surface area contributed by atoms with Crippen LogP contribution < -0.4 is 5.73 Å². The molecule has 3 heteroatoms. The second kappa shape index (κ2) is 5.75. The third kappa shape index (κ3) is 3.59. The van der Waals surface area contributed by atoms with Crippen molar-refractivity contribution in [3.8, 4) is 0 Å². The van der Waals surface area contributed by atoms with E-state index in [-0.39, 0.29) is 0 Å². The molecule has 0 fully saturated rings. The van der Waals surface area contributed by atoms with E-state index in [1.807, 2.05) is 6.07 Å². The topological polar surface area (TPSA) is 52.0 Å². The fourth-order valence-corrected chi connectivity index (χ4v) is 1.29. The molecule has 2 N–H and O–H groups in total. The van der Waals surface area contributed by atoms with Crippen LogP contribution in [0.2, 0.25) is 0 Å². The van der Waals surface area contributed by atoms with E-state index in [2.05, 4.69) is 12.1 Å². The van der Waals surface area contributed by atoms with Crippen LogP contribution in [-0.2, 0) is 12.8 Å². The summed E-state index contributed by atoms with van der Waals surface area (Å²) in [6.07, 6.45) is 5.53. The smallest absolute Gasteiger partial charge is 0.138 e. The van der Waals surface area contributed by atoms with Gasteiger partial charge in [-0.2, -0.15) is 0 Å². The molecule has 3 nitrogen and oxygen atoms in total. The molecule has 0 saturated carbocycles. The molecular weight excluding hydrogens is 164 g/mol. The van der Waals surface area contributed by atoms with E-state index >= 15 is 0 Å². The SMILES string of the molecule is CCCCCc1cc(CCN)on1. The maximum atomic E-state index is 5.40. The number of nitrogens with two attached hydrogens (primary N) is 1. The Morgan fingerprint density at radius 2 is 2.23 bits per heavy atom. The summed E-state index contributed by atoms with van der Waals surface area (Å²) in [6.45, 7) is 2.83. The Kier molecular flexibility index (Phi) is 4.54. The number of hydrogen-bond donors (Lipinski definition) is 1. The van der Waals surface area contributed by atoms with Crippen molar-refractivity contribution < 1.29 is 4.52 Å². The molecule has 0 bridgehead atoms. The van der Waals surface area contributed by atoms with Crippen LogP contribution >= 0.6 is 0 Å². The summed E-state index contributed by atoms with van der Waals surface area (Å²) in [4.78, 5) is 0. The van der Waals surface area contributed by atoms with Gasteiger partial charge in [0.2, 0.25) is 0 Å². The Balaban J connectivity index is 2.31. The molecule has 0 unspecified atom stereocenters. The molecule has 1 aromatic rings. The van der Waals surface area contributed by atoms with Crippen molar-refractivity contribution in [3.63, 3.8) is 0 Å². The quantitative estimate of drug-likeness (QED) is 0.684. The summed E-state index contributed by atoms with van der Waals surface area (Å²) in [5, 5.41) is 3.98. The van der Waals surface area contributed by atoms with E-state index in [1.54, 1.807) is 0 Å². The number of aromatic nitrogens is 1. The van der Waals surface area contributed by atoms with Crippen molar-refractivity contribution in [1.82, 2.24) is 5.16 Å². The van der Waals surface area contributed by atoms with Gasteiger partial charge in [-0.25, -0.2) is 0 Å². The van der Waals surface area contributed by atoms with E-state index in [0.717, 1.165) is 24.3 Å². The van der Waals surface area contributed by atoms with Gasteiger partial charge in [0.15, 0.2) is 0 Å². The van der Waals surface area contributed by atoms with Gasteiger partial charge < -0.3 is 10.3 Å². The van der Waals surface area contributed by atoms with Gasteiger partial charge in [0.1, 0.15) is 5.76 Å². The van der Waals surface area contributed by atoms with E-state index in [0.29, 0.717) is 6.54 Å². The van der Waals surface area contributed by atoms with Crippen LogP contribution in [0.5, 0.6) is 0 Å². The zero-order chi connectivity index (χ0) is 9.52. The van der Waals surface area contributed by atoms with Crippen LogP contribution in [0.1, 0.15) is 37.6 Å². The molecule has 0 aliphatic carbocycles. The van der Waals surface area contributed by atoms with Crippen LogP contribution in [0.4, 0.5) is 0 Å². The number of unbranched alkanes of at least 4 members (excludes halogenated alkanes) is 2. The predicted molar refractivity (Wildman–Crippen MR) is 52.5 cm³/mol. The monoisotopic (exact) mass is 182 g/mol. The first kappa shape index (κ1) is 10.3. The molecule has 0 aliphatic rings. The molecule has 0 aromatic carbocycles. The zero-order valence-electron chi connectivity index (χ0n) is 8.25. The van der Waals surface area contributed by atoms with Crippen molar-refractivity contribution in [2.24, 2.45) is 5.73 Å². The molecule has 0 amide bonds. The molecule has 0 atom stereocenters. The Bertz CT molecular complexity index is 233. The van der Waals surface area contributed by atoms with Crippen LogP contribution in [0.3, 0.4) is 0 Å². The highest BCUT2D eigenvalue weighted by molar-refractivity contribution is 5.05. The lowest BCUT2D eigenvalue weighted by Gasteiger charge is -1.92. The first-order valence-corrected chi connectivity index (χ1v) is 5.01. The highest BCUT2D eigenvalue weighted by Crippen LogP contribution is 2.08. The second-order valence-corrected chi connectivity index (χ2v) is 3.28. The molecule has 1 heterocycles. The number of aryl methyl sites for hydroxylation is 1. The Morgan fingerprint density at radius 3 is 2.92 bits per heavy atom. The third-order valence-electron chi connectivity index (χ3n) is 2.03. The zero-order valence-corrected chi connectivity index (χ0v) is 8.25. The average molecular weight is 182 g/mol. The number of rotatable bonds is 6. The molecule has 74 valence electrons. The first-order valence-electron chi connectivity index (χ1n) is 5.01. The lowest BCUT2D eigenvalue weighted by molar-refractivity contribution is 0.377. The van der Waals surface area contributed by atoms with Gasteiger partial charge in [-0.05, 0) is 19.4 Å². The lowest BCUT2D eigenvalue weighted by Crippen LogP contribution is -2.01. The Morgan fingerprint density at radius 1 is 1.38 bits per heavy atom. The Hall–Kier alpha value is -0.830. The Labute approximate surface area is 79.3 Å². The highest BCUT2D eigenvalue weighted by atomic mass is 16.5. The van der Waals surface area contributed by atoms with Crippen molar-refractivity contribution in [2.75, 3.05) is 6.54 Å². The summed E-state index contributed by atoms with van der Waals surface area (Å²) in [7, 11) is 0. The summed E-state index contributed by atoms with van der Waals surface area (Å²) < 4.78 is 5.11. The minimum Gasteiger partial charge on any atom is -0.361 e. The molecular formula is C10H18N2O. The molecule has 1 aromatic heterocycles. The molecule has 0 radical (unpaired) electrons. The predicted octanol–water partition coefficient (Wildman–Crippen LogP) is 1.91. The van der Waals surface area contributed by atoms with Gasteiger partial charge in [-0.3, -0.25) is 0 Å². The molecule has 0 saturated heterocycles. The van der Waals surface area contributed by atoms with Crippen LogP contribution in [-0.4, -0.2) is 11.7 Å². The third-order valence-corrected chi connectivity index (χ3v) is 2.03. The summed E-state index contributed by atoms with van der Waals surface area (Å²) in [5.41, 5.74) is 6.47. The lowest BCUT2D eigenvalue weighted by atomic mass is 10.1. The van der Waals surface area contributed by atoms with Crippen molar-refractivity contribution in [3.05, 3.63) is 17.5 Å². The molecule has 0 aliphatic heterocycles. The molecule has 1 rings (SSSR count). The van der Waals surface area contributed by atoms with Gasteiger partial charge in [0.25, 0.3) is 0 Å². The molecule has 0 spiro atoms. The first-order chi connectivity index (χ1) is 6.36. The maximum Gasteiger partial charge on any atom is 0.138 e. The summed E-state index contributed by atoms with van der Waals surface area (Å²) >= 11 is 0. The van der Waals surface area contributed by atoms with Crippen molar-refractivity contribution >= 4 is 0 Å². The van der Waals surface area contributed by atoms with Gasteiger partial charge in [-0.15, -0.1) is 0 Å². The number of hydrogen-bond acceptors (Lipinski definition) is 3. The van der Waals surface area contributed by atoms with Gasteiger partial charge in [0.05, 0.1) is 5.69 Å². The van der Waals surface area contributed by atoms with E-state index in [9.17, 15) is 0 Å². The van der Waals surface area contributed by atoms with E-state index in [4.69, 9.17) is 10.3 Å². The highest BCUT2D eigenvalue weighted by Gasteiger charge is 2.02. The van der Waals surface area contributed by atoms with E-state index < -0.39 is 0 Å². The van der Waals surface area contributed by atoms with E-state index in [1.165, 1.54) is 19.3 Å². The van der Waals surface area contributed by atoms with Gasteiger partial charge >= 0.3 is 0 Å². The van der Waals surface area contributed by atoms with Crippen LogP contribution in [0.15, 0.2) is 10.6 Å². The van der Waals surface area contributed by atoms with Crippen LogP contribution in [0, 0.1) is 0 Å². The maximum absolute atomic E-state index is 5.40. The van der Waals surface area contributed by atoms with Gasteiger partial charge in [-0.1, -0.05) is 24.9 Å². The van der Waals surface area contributed by atoms with Crippen molar-refractivity contribution in [1.29, 1.82) is 0 Å². The van der Waals surface area contributed by atoms with Crippen molar-refractivity contribution in [2.45, 2.75) is 39.0 Å². The van der Waals surface area contributed by atoms with Gasteiger partial charge in [0, 0.05) is 12.5 Å². The summed E-state index contributed by atoms with van der Waals surface area (Å²) in [6, 6.07) is 2.02.